The lowest BCUT2D eigenvalue weighted by Crippen LogP contribution is -2.59. The van der Waals surface area contributed by atoms with Gasteiger partial charge in [0.25, 0.3) is 0 Å². The Morgan fingerprint density at radius 2 is 2.15 bits per heavy atom. The molecular formula is C20H30N6O. The predicted octanol–water partition coefficient (Wildman–Crippen LogP) is 2.30. The summed E-state index contributed by atoms with van der Waals surface area (Å²) in [6.07, 6.45) is 12.7. The van der Waals surface area contributed by atoms with Crippen LogP contribution in [0.3, 0.4) is 0 Å². The summed E-state index contributed by atoms with van der Waals surface area (Å²) in [6.45, 7) is 4.59. The third-order valence-electron chi connectivity index (χ3n) is 6.64. The molecule has 3 aliphatic rings. The normalized spacial score (nSPS) is 32.4. The average Bonchev–Trinajstić information content (AvgIpc) is 3.30. The molecule has 7 nitrogen and oxygen atoms in total. The van der Waals surface area contributed by atoms with E-state index in [1.54, 1.807) is 0 Å². The van der Waals surface area contributed by atoms with E-state index in [1.807, 2.05) is 12.3 Å². The molecule has 0 bridgehead atoms. The number of piperidine rings is 2. The van der Waals surface area contributed by atoms with E-state index in [4.69, 9.17) is 10.5 Å². The Hall–Kier alpha value is -1.70. The number of likely N-dealkylation sites (tertiary alicyclic amines) is 1. The highest BCUT2D eigenvalue weighted by molar-refractivity contribution is 5.86. The summed E-state index contributed by atoms with van der Waals surface area (Å²) in [6, 6.07) is 1.99. The van der Waals surface area contributed by atoms with Crippen LogP contribution in [0.25, 0.3) is 11.0 Å². The van der Waals surface area contributed by atoms with Crippen molar-refractivity contribution >= 4 is 16.9 Å². The van der Waals surface area contributed by atoms with E-state index in [0.29, 0.717) is 17.5 Å². The first-order valence-electron chi connectivity index (χ1n) is 10.4. The first-order valence-corrected chi connectivity index (χ1v) is 10.4. The third-order valence-corrected chi connectivity index (χ3v) is 6.64. The van der Waals surface area contributed by atoms with Crippen LogP contribution < -0.4 is 11.1 Å². The number of hydrogen-bond donors (Lipinski definition) is 2. The molecule has 3 fully saturated rings. The molecule has 3 aliphatic heterocycles. The van der Waals surface area contributed by atoms with E-state index in [1.165, 1.54) is 58.1 Å². The molecule has 7 heteroatoms. The molecule has 2 unspecified atom stereocenters. The highest BCUT2D eigenvalue weighted by Crippen LogP contribution is 2.34. The first kappa shape index (κ1) is 17.4. The lowest BCUT2D eigenvalue weighted by atomic mass is 9.81. The summed E-state index contributed by atoms with van der Waals surface area (Å²) >= 11 is 0. The Bertz CT molecular complexity index is 793. The van der Waals surface area contributed by atoms with Gasteiger partial charge in [0.1, 0.15) is 24.0 Å². The number of nitrogens with one attached hydrogen (secondary N) is 1. The Balaban J connectivity index is 1.24. The van der Waals surface area contributed by atoms with Gasteiger partial charge in [-0.3, -0.25) is 4.90 Å². The SMILES string of the molecule is Nc1ncnc2c1ccn2[C@H]1CCC(CN2CCCC3(CCCCN3)C2)O1. The number of anilines is 1. The van der Waals surface area contributed by atoms with Crippen molar-refractivity contribution < 1.29 is 4.74 Å². The van der Waals surface area contributed by atoms with Gasteiger partial charge in [0.05, 0.1) is 11.5 Å². The number of fused-ring (bicyclic) bond motifs is 1. The Labute approximate surface area is 160 Å². The van der Waals surface area contributed by atoms with Crippen LogP contribution in [0.4, 0.5) is 5.82 Å². The second kappa shape index (κ2) is 7.04. The number of aromatic nitrogens is 3. The molecule has 3 atom stereocenters. The predicted molar refractivity (Wildman–Crippen MR) is 105 cm³/mol. The summed E-state index contributed by atoms with van der Waals surface area (Å²) < 4.78 is 8.55. The number of nitrogens with two attached hydrogens (primary N) is 1. The zero-order chi connectivity index (χ0) is 18.3. The van der Waals surface area contributed by atoms with Crippen LogP contribution in [0.2, 0.25) is 0 Å². The van der Waals surface area contributed by atoms with E-state index in [-0.39, 0.29) is 6.23 Å². The van der Waals surface area contributed by atoms with Crippen LogP contribution in [-0.2, 0) is 4.74 Å². The maximum Gasteiger partial charge on any atom is 0.147 e. The minimum Gasteiger partial charge on any atom is -0.383 e. The lowest BCUT2D eigenvalue weighted by molar-refractivity contribution is -0.0217. The Morgan fingerprint density at radius 3 is 3.04 bits per heavy atom. The maximum atomic E-state index is 6.43. The Morgan fingerprint density at radius 1 is 1.22 bits per heavy atom. The lowest BCUT2D eigenvalue weighted by Gasteiger charge is -2.46. The number of hydrogen-bond acceptors (Lipinski definition) is 6. The second-order valence-electron chi connectivity index (χ2n) is 8.51. The molecule has 5 rings (SSSR count). The van der Waals surface area contributed by atoms with Crippen molar-refractivity contribution in [1.82, 2.24) is 24.8 Å². The highest BCUT2D eigenvalue weighted by atomic mass is 16.5. The van der Waals surface area contributed by atoms with Gasteiger partial charge in [-0.05, 0) is 57.7 Å². The molecule has 146 valence electrons. The van der Waals surface area contributed by atoms with Gasteiger partial charge < -0.3 is 20.4 Å². The van der Waals surface area contributed by atoms with Gasteiger partial charge in [0, 0.05) is 24.8 Å². The van der Waals surface area contributed by atoms with Crippen molar-refractivity contribution in [3.05, 3.63) is 18.6 Å². The van der Waals surface area contributed by atoms with Gasteiger partial charge in [0.2, 0.25) is 0 Å². The largest absolute Gasteiger partial charge is 0.383 e. The zero-order valence-corrected chi connectivity index (χ0v) is 15.9. The van der Waals surface area contributed by atoms with Crippen molar-refractivity contribution in [2.75, 3.05) is 31.9 Å². The van der Waals surface area contributed by atoms with Gasteiger partial charge in [0.15, 0.2) is 0 Å². The molecule has 0 radical (unpaired) electrons. The van der Waals surface area contributed by atoms with E-state index in [9.17, 15) is 0 Å². The number of nitrogen functional groups attached to an aromatic ring is 1. The summed E-state index contributed by atoms with van der Waals surface area (Å²) in [4.78, 5) is 11.1. The van der Waals surface area contributed by atoms with Crippen LogP contribution in [0.15, 0.2) is 18.6 Å². The smallest absolute Gasteiger partial charge is 0.147 e. The van der Waals surface area contributed by atoms with Crippen LogP contribution in [0.1, 0.15) is 51.2 Å². The number of nitrogens with zero attached hydrogens (tertiary/aromatic N) is 4. The van der Waals surface area contributed by atoms with Crippen molar-refractivity contribution in [2.24, 2.45) is 0 Å². The number of ether oxygens (including phenoxy) is 1. The van der Waals surface area contributed by atoms with E-state index in [0.717, 1.165) is 30.4 Å². The van der Waals surface area contributed by atoms with Crippen molar-refractivity contribution in [3.63, 3.8) is 0 Å². The second-order valence-corrected chi connectivity index (χ2v) is 8.51. The van der Waals surface area contributed by atoms with E-state index in [2.05, 4.69) is 24.8 Å². The zero-order valence-electron chi connectivity index (χ0n) is 15.9. The summed E-state index contributed by atoms with van der Waals surface area (Å²) in [5.74, 6) is 0.534. The molecular weight excluding hydrogens is 340 g/mol. The van der Waals surface area contributed by atoms with Gasteiger partial charge in [-0.15, -0.1) is 0 Å². The van der Waals surface area contributed by atoms with Crippen LogP contribution >= 0.6 is 0 Å². The molecule has 3 saturated heterocycles. The summed E-state index contributed by atoms with van der Waals surface area (Å²) in [5.41, 5.74) is 7.20. The fourth-order valence-electron chi connectivity index (χ4n) is 5.30. The van der Waals surface area contributed by atoms with Gasteiger partial charge in [-0.2, -0.15) is 0 Å². The fourth-order valence-corrected chi connectivity index (χ4v) is 5.30. The third kappa shape index (κ3) is 3.32. The van der Waals surface area contributed by atoms with Crippen LogP contribution in [0, 0.1) is 0 Å². The minimum absolute atomic E-state index is 0.0494. The van der Waals surface area contributed by atoms with Crippen LogP contribution in [-0.4, -0.2) is 57.3 Å². The Kier molecular flexibility index (Phi) is 4.53. The van der Waals surface area contributed by atoms with Crippen LogP contribution in [0.5, 0.6) is 0 Å². The summed E-state index contributed by atoms with van der Waals surface area (Å²) in [5, 5.41) is 4.74. The van der Waals surface area contributed by atoms with Crippen molar-refractivity contribution in [1.29, 1.82) is 0 Å². The molecule has 27 heavy (non-hydrogen) atoms. The summed E-state index contributed by atoms with van der Waals surface area (Å²) in [7, 11) is 0. The molecule has 2 aromatic rings. The van der Waals surface area contributed by atoms with E-state index < -0.39 is 0 Å². The average molecular weight is 371 g/mol. The topological polar surface area (TPSA) is 81.2 Å². The molecule has 0 aromatic carbocycles. The monoisotopic (exact) mass is 370 g/mol. The van der Waals surface area contributed by atoms with Gasteiger partial charge >= 0.3 is 0 Å². The van der Waals surface area contributed by atoms with Crippen molar-refractivity contribution in [3.8, 4) is 0 Å². The van der Waals surface area contributed by atoms with Gasteiger partial charge in [-0.1, -0.05) is 6.42 Å². The molecule has 0 saturated carbocycles. The molecule has 5 heterocycles. The quantitative estimate of drug-likeness (QED) is 0.863. The van der Waals surface area contributed by atoms with Crippen molar-refractivity contribution in [2.45, 2.75) is 62.8 Å². The maximum absolute atomic E-state index is 6.43. The molecule has 2 aromatic heterocycles. The molecule has 0 amide bonds. The molecule has 3 N–H and O–H groups in total. The number of rotatable bonds is 3. The fraction of sp³-hybridized carbons (Fsp3) is 0.700. The highest BCUT2D eigenvalue weighted by Gasteiger charge is 2.38. The minimum atomic E-state index is 0.0494. The standard InChI is InChI=1S/C20H30N6O/c21-18-16-6-11-26(19(16)23-14-22-18)17-5-4-15(27-17)12-25-10-3-8-20(13-25)7-1-2-9-24-20/h6,11,14-15,17,24H,1-5,7-10,12-13H2,(H2,21,22,23)/t15?,17-,20?/m1/s1. The molecule has 0 aliphatic carbocycles. The first-order chi connectivity index (χ1) is 13.2. The van der Waals surface area contributed by atoms with Gasteiger partial charge in [-0.25, -0.2) is 9.97 Å². The van der Waals surface area contributed by atoms with E-state index >= 15 is 0 Å². The molecule has 1 spiro atoms.